The maximum atomic E-state index is 12.5. The standard InChI is InChI=1S/C18H22N4O2/c1-12-11-16(23)17(21-22(12)15-5-3-2-4-6-15)18(24)20-14-9-7-13(19)8-10-14/h2-6,11,13-14H,7-10,19H2,1H3,(H,20,24). The summed E-state index contributed by atoms with van der Waals surface area (Å²) >= 11 is 0. The molecule has 0 bridgehead atoms. The molecule has 1 aliphatic rings. The molecule has 0 saturated heterocycles. The number of amides is 1. The van der Waals surface area contributed by atoms with Crippen LogP contribution in [0.4, 0.5) is 0 Å². The summed E-state index contributed by atoms with van der Waals surface area (Å²) < 4.78 is 1.62. The number of carbonyl (C=O) groups is 1. The highest BCUT2D eigenvalue weighted by Crippen LogP contribution is 2.17. The highest BCUT2D eigenvalue weighted by Gasteiger charge is 2.23. The van der Waals surface area contributed by atoms with Crippen LogP contribution in [0.5, 0.6) is 0 Å². The molecule has 1 amide bonds. The fourth-order valence-electron chi connectivity index (χ4n) is 3.05. The third-order valence-corrected chi connectivity index (χ3v) is 4.43. The van der Waals surface area contributed by atoms with Gasteiger partial charge < -0.3 is 11.1 Å². The van der Waals surface area contributed by atoms with Crippen molar-refractivity contribution in [3.05, 3.63) is 58.0 Å². The molecular weight excluding hydrogens is 304 g/mol. The van der Waals surface area contributed by atoms with Gasteiger partial charge in [0.2, 0.25) is 5.43 Å². The number of nitrogens with one attached hydrogen (secondary N) is 1. The number of para-hydroxylation sites is 1. The number of hydrogen-bond acceptors (Lipinski definition) is 4. The summed E-state index contributed by atoms with van der Waals surface area (Å²) in [4.78, 5) is 24.7. The van der Waals surface area contributed by atoms with E-state index >= 15 is 0 Å². The topological polar surface area (TPSA) is 90.0 Å². The van der Waals surface area contributed by atoms with E-state index in [4.69, 9.17) is 5.73 Å². The third-order valence-electron chi connectivity index (χ3n) is 4.43. The molecule has 2 aromatic rings. The first-order valence-corrected chi connectivity index (χ1v) is 8.27. The van der Waals surface area contributed by atoms with E-state index in [2.05, 4.69) is 10.4 Å². The summed E-state index contributed by atoms with van der Waals surface area (Å²) in [6.45, 7) is 1.80. The molecule has 6 heteroatoms. The number of aryl methyl sites for hydroxylation is 1. The maximum Gasteiger partial charge on any atom is 0.276 e. The second-order valence-electron chi connectivity index (χ2n) is 6.33. The highest BCUT2D eigenvalue weighted by atomic mass is 16.2. The number of benzene rings is 1. The fraction of sp³-hybridized carbons (Fsp3) is 0.389. The van der Waals surface area contributed by atoms with Crippen LogP contribution >= 0.6 is 0 Å². The van der Waals surface area contributed by atoms with Crippen molar-refractivity contribution >= 4 is 5.91 Å². The van der Waals surface area contributed by atoms with Gasteiger partial charge in [0.15, 0.2) is 5.69 Å². The van der Waals surface area contributed by atoms with Gasteiger partial charge in [-0.2, -0.15) is 5.10 Å². The van der Waals surface area contributed by atoms with Crippen LogP contribution in [0.3, 0.4) is 0 Å². The van der Waals surface area contributed by atoms with Crippen molar-refractivity contribution in [2.75, 3.05) is 0 Å². The van der Waals surface area contributed by atoms with Crippen molar-refractivity contribution in [2.24, 2.45) is 5.73 Å². The first-order valence-electron chi connectivity index (χ1n) is 8.27. The molecular formula is C18H22N4O2. The van der Waals surface area contributed by atoms with E-state index < -0.39 is 5.91 Å². The Balaban J connectivity index is 1.85. The van der Waals surface area contributed by atoms with Gasteiger partial charge >= 0.3 is 0 Å². The number of nitrogens with two attached hydrogens (primary N) is 1. The second kappa shape index (κ2) is 6.97. The van der Waals surface area contributed by atoms with Gasteiger partial charge in [-0.3, -0.25) is 9.59 Å². The molecule has 1 aromatic heterocycles. The largest absolute Gasteiger partial charge is 0.348 e. The SMILES string of the molecule is Cc1cc(=O)c(C(=O)NC2CCC(N)CC2)nn1-c1ccccc1. The molecule has 1 aromatic carbocycles. The minimum atomic E-state index is -0.412. The lowest BCUT2D eigenvalue weighted by Gasteiger charge is -2.26. The monoisotopic (exact) mass is 326 g/mol. The molecule has 3 N–H and O–H groups in total. The molecule has 1 saturated carbocycles. The molecule has 24 heavy (non-hydrogen) atoms. The lowest BCUT2D eigenvalue weighted by Crippen LogP contribution is -2.42. The average Bonchev–Trinajstić information content (AvgIpc) is 2.58. The van der Waals surface area contributed by atoms with E-state index in [9.17, 15) is 9.59 Å². The second-order valence-corrected chi connectivity index (χ2v) is 6.33. The van der Waals surface area contributed by atoms with Crippen molar-refractivity contribution in [1.29, 1.82) is 0 Å². The lowest BCUT2D eigenvalue weighted by atomic mass is 9.92. The van der Waals surface area contributed by atoms with Gasteiger partial charge in [0, 0.05) is 23.8 Å². The van der Waals surface area contributed by atoms with E-state index in [0.717, 1.165) is 31.4 Å². The Labute approximate surface area is 140 Å². The van der Waals surface area contributed by atoms with Crippen LogP contribution in [0, 0.1) is 6.92 Å². The zero-order valence-corrected chi connectivity index (χ0v) is 13.7. The summed E-state index contributed by atoms with van der Waals surface area (Å²) in [5.41, 5.74) is 6.96. The molecule has 0 radical (unpaired) electrons. The van der Waals surface area contributed by atoms with E-state index in [1.165, 1.54) is 6.07 Å². The van der Waals surface area contributed by atoms with Crippen LogP contribution in [0.2, 0.25) is 0 Å². The molecule has 1 fully saturated rings. The summed E-state index contributed by atoms with van der Waals surface area (Å²) in [5, 5.41) is 7.21. The summed E-state index contributed by atoms with van der Waals surface area (Å²) in [7, 11) is 0. The predicted octanol–water partition coefficient (Wildman–Crippen LogP) is 1.54. The summed E-state index contributed by atoms with van der Waals surface area (Å²) in [6.07, 6.45) is 3.46. The Morgan fingerprint density at radius 1 is 1.21 bits per heavy atom. The van der Waals surface area contributed by atoms with Crippen molar-refractivity contribution < 1.29 is 4.79 Å². The van der Waals surface area contributed by atoms with Gasteiger partial charge in [-0.1, -0.05) is 18.2 Å². The van der Waals surface area contributed by atoms with Crippen LogP contribution in [0.25, 0.3) is 5.69 Å². The minimum Gasteiger partial charge on any atom is -0.348 e. The molecule has 0 unspecified atom stereocenters. The van der Waals surface area contributed by atoms with Crippen molar-refractivity contribution in [3.63, 3.8) is 0 Å². The molecule has 0 aliphatic heterocycles. The number of nitrogens with zero attached hydrogens (tertiary/aromatic N) is 2. The third kappa shape index (κ3) is 3.54. The van der Waals surface area contributed by atoms with Crippen molar-refractivity contribution in [1.82, 2.24) is 15.1 Å². The van der Waals surface area contributed by atoms with Crippen LogP contribution < -0.4 is 16.5 Å². The molecule has 1 aliphatic carbocycles. The van der Waals surface area contributed by atoms with Gasteiger partial charge in [-0.05, 0) is 44.7 Å². The van der Waals surface area contributed by atoms with Crippen LogP contribution in [-0.2, 0) is 0 Å². The highest BCUT2D eigenvalue weighted by molar-refractivity contribution is 5.92. The van der Waals surface area contributed by atoms with Crippen molar-refractivity contribution in [3.8, 4) is 5.69 Å². The first kappa shape index (κ1) is 16.4. The van der Waals surface area contributed by atoms with E-state index in [1.54, 1.807) is 11.6 Å². The smallest absolute Gasteiger partial charge is 0.276 e. The summed E-state index contributed by atoms with van der Waals surface area (Å²) in [5.74, 6) is -0.412. The normalized spacial score (nSPS) is 20.6. The Bertz CT molecular complexity index is 777. The molecule has 0 atom stereocenters. The Morgan fingerprint density at radius 2 is 1.88 bits per heavy atom. The fourth-order valence-corrected chi connectivity index (χ4v) is 3.05. The number of carbonyl (C=O) groups excluding carboxylic acids is 1. The number of rotatable bonds is 3. The Kier molecular flexibility index (Phi) is 4.76. The summed E-state index contributed by atoms with van der Waals surface area (Å²) in [6, 6.07) is 11.2. The van der Waals surface area contributed by atoms with E-state index in [0.29, 0.717) is 5.69 Å². The maximum absolute atomic E-state index is 12.5. The van der Waals surface area contributed by atoms with E-state index in [1.807, 2.05) is 30.3 Å². The molecule has 3 rings (SSSR count). The van der Waals surface area contributed by atoms with Crippen LogP contribution in [0.1, 0.15) is 41.9 Å². The van der Waals surface area contributed by atoms with E-state index in [-0.39, 0.29) is 23.2 Å². The first-order chi connectivity index (χ1) is 11.5. The zero-order valence-electron chi connectivity index (χ0n) is 13.7. The van der Waals surface area contributed by atoms with Gasteiger partial charge in [0.25, 0.3) is 5.91 Å². The molecule has 0 spiro atoms. The van der Waals surface area contributed by atoms with Gasteiger partial charge in [-0.25, -0.2) is 4.68 Å². The average molecular weight is 326 g/mol. The zero-order chi connectivity index (χ0) is 17.1. The van der Waals surface area contributed by atoms with Crippen molar-refractivity contribution in [2.45, 2.75) is 44.7 Å². The van der Waals surface area contributed by atoms with Gasteiger partial charge in [-0.15, -0.1) is 0 Å². The number of hydrogen-bond donors (Lipinski definition) is 2. The predicted molar refractivity (Wildman–Crippen MR) is 92.3 cm³/mol. The molecule has 126 valence electrons. The Morgan fingerprint density at radius 3 is 2.54 bits per heavy atom. The quantitative estimate of drug-likeness (QED) is 0.895. The lowest BCUT2D eigenvalue weighted by molar-refractivity contribution is 0.0917. The van der Waals surface area contributed by atoms with Crippen LogP contribution in [0.15, 0.2) is 41.2 Å². The minimum absolute atomic E-state index is 0.0602. The number of aromatic nitrogens is 2. The molecule has 6 nitrogen and oxygen atoms in total. The van der Waals surface area contributed by atoms with Gasteiger partial charge in [0.05, 0.1) is 5.69 Å². The van der Waals surface area contributed by atoms with Gasteiger partial charge in [0.1, 0.15) is 0 Å². The Hall–Kier alpha value is -2.47. The molecule has 1 heterocycles. The van der Waals surface area contributed by atoms with Crippen LogP contribution in [-0.4, -0.2) is 27.8 Å².